The molecule has 0 atom stereocenters. The number of ether oxygens (including phenoxy) is 2. The van der Waals surface area contributed by atoms with Gasteiger partial charge in [-0.25, -0.2) is 14.5 Å². The van der Waals surface area contributed by atoms with E-state index in [1.165, 1.54) is 18.0 Å². The quantitative estimate of drug-likeness (QED) is 0.436. The number of nitrogens with two attached hydrogens (primary N) is 1. The monoisotopic (exact) mass is 446 g/mol. The highest BCUT2D eigenvalue weighted by atomic mass is 16.5. The third-order valence-corrected chi connectivity index (χ3v) is 5.19. The van der Waals surface area contributed by atoms with Gasteiger partial charge >= 0.3 is 5.97 Å². The first-order valence-electron chi connectivity index (χ1n) is 9.92. The SMILES string of the molecule is COC(=O)c1cnn(-c2ccc(C(=O)Nc3ncc(-c4ccc(OC)cc4)n3C)cc2)c1N. The third kappa shape index (κ3) is 4.13. The Kier molecular flexibility index (Phi) is 5.81. The summed E-state index contributed by atoms with van der Waals surface area (Å²) in [7, 11) is 4.71. The molecule has 4 rings (SSSR count). The van der Waals surface area contributed by atoms with Crippen molar-refractivity contribution in [3.63, 3.8) is 0 Å². The maximum Gasteiger partial charge on any atom is 0.343 e. The second-order valence-electron chi connectivity index (χ2n) is 7.10. The number of esters is 1. The van der Waals surface area contributed by atoms with Crippen molar-refractivity contribution < 1.29 is 19.1 Å². The van der Waals surface area contributed by atoms with E-state index >= 15 is 0 Å². The minimum atomic E-state index is -0.571. The molecule has 168 valence electrons. The fraction of sp³-hybridized carbons (Fsp3) is 0.130. The molecule has 0 radical (unpaired) electrons. The summed E-state index contributed by atoms with van der Waals surface area (Å²) >= 11 is 0. The zero-order valence-electron chi connectivity index (χ0n) is 18.3. The summed E-state index contributed by atoms with van der Waals surface area (Å²) in [4.78, 5) is 28.8. The van der Waals surface area contributed by atoms with E-state index in [9.17, 15) is 9.59 Å². The van der Waals surface area contributed by atoms with Crippen LogP contribution in [0.3, 0.4) is 0 Å². The summed E-state index contributed by atoms with van der Waals surface area (Å²) in [6, 6.07) is 14.2. The topological polar surface area (TPSA) is 126 Å². The lowest BCUT2D eigenvalue weighted by Gasteiger charge is -2.09. The van der Waals surface area contributed by atoms with Gasteiger partial charge in [0.05, 0.1) is 38.0 Å². The summed E-state index contributed by atoms with van der Waals surface area (Å²) in [5, 5.41) is 6.94. The summed E-state index contributed by atoms with van der Waals surface area (Å²) in [6.45, 7) is 0. The Morgan fingerprint density at radius 2 is 1.70 bits per heavy atom. The lowest BCUT2D eigenvalue weighted by molar-refractivity contribution is 0.0602. The van der Waals surface area contributed by atoms with Crippen LogP contribution in [-0.4, -0.2) is 45.4 Å². The number of carbonyl (C=O) groups is 2. The highest BCUT2D eigenvalue weighted by molar-refractivity contribution is 6.03. The van der Waals surface area contributed by atoms with Gasteiger partial charge in [0.2, 0.25) is 5.95 Å². The number of amides is 1. The maximum absolute atomic E-state index is 12.8. The fourth-order valence-electron chi connectivity index (χ4n) is 3.31. The molecule has 0 saturated heterocycles. The molecule has 0 bridgehead atoms. The van der Waals surface area contributed by atoms with E-state index in [0.29, 0.717) is 17.2 Å². The van der Waals surface area contributed by atoms with Crippen LogP contribution >= 0.6 is 0 Å². The van der Waals surface area contributed by atoms with Gasteiger partial charge in [-0.1, -0.05) is 0 Å². The summed E-state index contributed by atoms with van der Waals surface area (Å²) in [6.07, 6.45) is 3.03. The second-order valence-corrected chi connectivity index (χ2v) is 7.10. The predicted molar refractivity (Wildman–Crippen MR) is 122 cm³/mol. The lowest BCUT2D eigenvalue weighted by atomic mass is 10.1. The molecule has 33 heavy (non-hydrogen) atoms. The Hall–Kier alpha value is -4.60. The van der Waals surface area contributed by atoms with Crippen LogP contribution in [-0.2, 0) is 11.8 Å². The number of rotatable bonds is 6. The Morgan fingerprint density at radius 1 is 1.00 bits per heavy atom. The minimum Gasteiger partial charge on any atom is -0.497 e. The molecule has 10 nitrogen and oxygen atoms in total. The van der Waals surface area contributed by atoms with Crippen LogP contribution in [0, 0.1) is 0 Å². The third-order valence-electron chi connectivity index (χ3n) is 5.19. The Morgan fingerprint density at radius 3 is 2.33 bits per heavy atom. The van der Waals surface area contributed by atoms with Gasteiger partial charge in [0.15, 0.2) is 0 Å². The van der Waals surface area contributed by atoms with Gasteiger partial charge in [-0.05, 0) is 48.5 Å². The molecular formula is C23H22N6O4. The van der Waals surface area contributed by atoms with E-state index in [1.54, 1.807) is 42.1 Å². The zero-order chi connectivity index (χ0) is 23.5. The molecule has 0 saturated carbocycles. The number of nitrogens with zero attached hydrogens (tertiary/aromatic N) is 4. The number of hydrogen-bond donors (Lipinski definition) is 2. The number of carbonyl (C=O) groups excluding carboxylic acids is 2. The van der Waals surface area contributed by atoms with Crippen molar-refractivity contribution in [1.82, 2.24) is 19.3 Å². The predicted octanol–water partition coefficient (Wildman–Crippen LogP) is 2.90. The number of anilines is 2. The van der Waals surface area contributed by atoms with Gasteiger partial charge in [-0.2, -0.15) is 5.10 Å². The van der Waals surface area contributed by atoms with Crippen LogP contribution < -0.4 is 15.8 Å². The Bertz CT molecular complexity index is 1310. The smallest absolute Gasteiger partial charge is 0.343 e. The largest absolute Gasteiger partial charge is 0.497 e. The molecule has 10 heteroatoms. The minimum absolute atomic E-state index is 0.151. The zero-order valence-corrected chi connectivity index (χ0v) is 18.3. The van der Waals surface area contributed by atoms with E-state index in [1.807, 2.05) is 31.3 Å². The van der Waals surface area contributed by atoms with Gasteiger partial charge in [-0.15, -0.1) is 0 Å². The van der Waals surface area contributed by atoms with Crippen LogP contribution in [0.25, 0.3) is 16.9 Å². The van der Waals surface area contributed by atoms with Crippen molar-refractivity contribution in [1.29, 1.82) is 0 Å². The maximum atomic E-state index is 12.8. The van der Waals surface area contributed by atoms with Gasteiger partial charge in [0.1, 0.15) is 17.1 Å². The van der Waals surface area contributed by atoms with E-state index < -0.39 is 5.97 Å². The molecule has 4 aromatic rings. The van der Waals surface area contributed by atoms with Gasteiger partial charge in [0, 0.05) is 18.2 Å². The van der Waals surface area contributed by atoms with Gasteiger partial charge in [-0.3, -0.25) is 10.1 Å². The molecule has 0 aliphatic rings. The Labute approximate surface area is 189 Å². The van der Waals surface area contributed by atoms with Crippen molar-refractivity contribution in [2.45, 2.75) is 0 Å². The number of aromatic nitrogens is 4. The lowest BCUT2D eigenvalue weighted by Crippen LogP contribution is -2.15. The average molecular weight is 446 g/mol. The molecule has 3 N–H and O–H groups in total. The normalized spacial score (nSPS) is 10.6. The van der Waals surface area contributed by atoms with Crippen molar-refractivity contribution in [3.05, 3.63) is 72.1 Å². The fourth-order valence-corrected chi connectivity index (χ4v) is 3.31. The first-order valence-corrected chi connectivity index (χ1v) is 9.92. The molecule has 2 aromatic carbocycles. The number of hydrogen-bond acceptors (Lipinski definition) is 7. The molecule has 2 aromatic heterocycles. The standard InChI is InChI=1S/C23H22N6O4/c1-28-19(14-6-10-17(32-2)11-7-14)13-25-23(28)27-21(30)15-4-8-16(9-5-15)29-20(24)18(12-26-29)22(31)33-3/h4-13H,24H2,1-3H3,(H,25,27,30). The van der Waals surface area contributed by atoms with Crippen molar-refractivity contribution in [3.8, 4) is 22.7 Å². The number of methoxy groups -OCH3 is 2. The molecular weight excluding hydrogens is 424 g/mol. The number of nitrogens with one attached hydrogen (secondary N) is 1. The van der Waals surface area contributed by atoms with Crippen molar-refractivity contribution in [2.24, 2.45) is 7.05 Å². The van der Waals surface area contributed by atoms with Crippen LogP contribution in [0.1, 0.15) is 20.7 Å². The van der Waals surface area contributed by atoms with E-state index in [-0.39, 0.29) is 17.3 Å². The van der Waals surface area contributed by atoms with Crippen molar-refractivity contribution in [2.75, 3.05) is 25.3 Å². The number of imidazole rings is 1. The Balaban J connectivity index is 1.50. The summed E-state index contributed by atoms with van der Waals surface area (Å²) in [5.74, 6) is 0.433. The van der Waals surface area contributed by atoms with E-state index in [2.05, 4.69) is 20.1 Å². The average Bonchev–Trinajstić information content (AvgIpc) is 3.41. The summed E-state index contributed by atoms with van der Waals surface area (Å²) < 4.78 is 13.1. The van der Waals surface area contributed by atoms with Gasteiger partial charge in [0.25, 0.3) is 5.91 Å². The second kappa shape index (κ2) is 8.87. The van der Waals surface area contributed by atoms with Crippen LogP contribution in [0.15, 0.2) is 60.9 Å². The summed E-state index contributed by atoms with van der Waals surface area (Å²) in [5.41, 5.74) is 8.97. The highest BCUT2D eigenvalue weighted by Crippen LogP contribution is 2.25. The molecule has 2 heterocycles. The molecule has 0 unspecified atom stereocenters. The molecule has 0 aliphatic heterocycles. The molecule has 0 fully saturated rings. The van der Waals surface area contributed by atoms with E-state index in [4.69, 9.17) is 10.5 Å². The first kappa shape index (κ1) is 21.6. The van der Waals surface area contributed by atoms with Crippen LogP contribution in [0.4, 0.5) is 11.8 Å². The number of nitrogen functional groups attached to an aromatic ring is 1. The number of benzene rings is 2. The van der Waals surface area contributed by atoms with Gasteiger partial charge < -0.3 is 19.8 Å². The van der Waals surface area contributed by atoms with E-state index in [0.717, 1.165) is 17.0 Å². The molecule has 0 aliphatic carbocycles. The first-order chi connectivity index (χ1) is 15.9. The highest BCUT2D eigenvalue weighted by Gasteiger charge is 2.17. The molecule has 0 spiro atoms. The van der Waals surface area contributed by atoms with Crippen molar-refractivity contribution >= 4 is 23.6 Å². The molecule has 1 amide bonds. The van der Waals surface area contributed by atoms with Crippen LogP contribution in [0.2, 0.25) is 0 Å². The van der Waals surface area contributed by atoms with Crippen LogP contribution in [0.5, 0.6) is 5.75 Å².